The quantitative estimate of drug-likeness (QED) is 0.534. The minimum Gasteiger partial charge on any atom is -0.0617 e. The first kappa shape index (κ1) is 18.3. The second-order valence-electron chi connectivity index (χ2n) is 8.46. The van der Waals surface area contributed by atoms with E-state index < -0.39 is 0 Å². The molecule has 0 heteroatoms. The van der Waals surface area contributed by atoms with E-state index in [9.17, 15) is 0 Å². The molecule has 0 bridgehead atoms. The molecule has 0 aromatic heterocycles. The van der Waals surface area contributed by atoms with Crippen LogP contribution >= 0.6 is 0 Å². The molecule has 0 N–H and O–H groups in total. The number of benzene rings is 2. The highest BCUT2D eigenvalue weighted by Crippen LogP contribution is 2.23. The van der Waals surface area contributed by atoms with Gasteiger partial charge in [-0.2, -0.15) is 0 Å². The first-order chi connectivity index (χ1) is 11.2. The highest BCUT2D eigenvalue weighted by molar-refractivity contribution is 5.57. The van der Waals surface area contributed by atoms with Gasteiger partial charge in [0, 0.05) is 0 Å². The Bertz CT molecular complexity index is 631. The van der Waals surface area contributed by atoms with Crippen molar-refractivity contribution in [3.63, 3.8) is 0 Å². The molecular formula is C24H30. The number of hydrogen-bond acceptors (Lipinski definition) is 0. The van der Waals surface area contributed by atoms with Crippen molar-refractivity contribution in [3.8, 4) is 0 Å². The smallest absolute Gasteiger partial charge is 0.0132 e. The lowest BCUT2D eigenvalue weighted by Gasteiger charge is -2.18. The first-order valence-corrected chi connectivity index (χ1v) is 8.72. The van der Waals surface area contributed by atoms with E-state index in [1.807, 2.05) is 0 Å². The molecule has 0 saturated carbocycles. The Morgan fingerprint density at radius 2 is 0.792 bits per heavy atom. The molecule has 0 aliphatic rings. The third-order valence-electron chi connectivity index (χ3n) is 4.24. The van der Waals surface area contributed by atoms with Crippen LogP contribution in [-0.2, 0) is 10.8 Å². The van der Waals surface area contributed by atoms with Gasteiger partial charge in [0.2, 0.25) is 0 Å². The molecule has 0 aliphatic heterocycles. The minimum absolute atomic E-state index is 0.210. The van der Waals surface area contributed by atoms with Crippen molar-refractivity contribution in [3.05, 3.63) is 82.9 Å². The molecule has 24 heavy (non-hydrogen) atoms. The molecule has 126 valence electrons. The van der Waals surface area contributed by atoms with E-state index in [4.69, 9.17) is 0 Å². The third kappa shape index (κ3) is 5.23. The highest BCUT2D eigenvalue weighted by Gasteiger charge is 2.13. The van der Waals surface area contributed by atoms with Gasteiger partial charge in [0.05, 0.1) is 0 Å². The van der Waals surface area contributed by atoms with Gasteiger partial charge in [-0.3, -0.25) is 0 Å². The van der Waals surface area contributed by atoms with Gasteiger partial charge in [0.1, 0.15) is 0 Å². The lowest BCUT2D eigenvalue weighted by atomic mass is 9.86. The van der Waals surface area contributed by atoms with Crippen LogP contribution in [-0.4, -0.2) is 0 Å². The Kier molecular flexibility index (Phi) is 5.49. The van der Waals surface area contributed by atoms with Crippen LogP contribution in [0.3, 0.4) is 0 Å². The topological polar surface area (TPSA) is 0 Å². The first-order valence-electron chi connectivity index (χ1n) is 8.72. The molecule has 0 radical (unpaired) electrons. The van der Waals surface area contributed by atoms with E-state index >= 15 is 0 Å². The molecule has 0 nitrogen and oxygen atoms in total. The standard InChI is InChI=1S/C24H30/c1-23(2,3)21-15-11-19(12-16-21)9-7-8-10-20-13-17-22(18-14-20)24(4,5)6/h7-18H,1-6H3. The lowest BCUT2D eigenvalue weighted by molar-refractivity contribution is 0.590. The van der Waals surface area contributed by atoms with E-state index in [0.717, 1.165) is 0 Å². The molecule has 0 aliphatic carbocycles. The van der Waals surface area contributed by atoms with Crippen molar-refractivity contribution in [2.75, 3.05) is 0 Å². The molecule has 2 rings (SSSR count). The van der Waals surface area contributed by atoms with E-state index in [2.05, 4.69) is 114 Å². The van der Waals surface area contributed by atoms with Crippen molar-refractivity contribution in [2.45, 2.75) is 52.4 Å². The summed E-state index contributed by atoms with van der Waals surface area (Å²) >= 11 is 0. The van der Waals surface area contributed by atoms with Crippen LogP contribution in [0.1, 0.15) is 63.8 Å². The molecule has 0 fully saturated rings. The van der Waals surface area contributed by atoms with Gasteiger partial charge >= 0.3 is 0 Å². The van der Waals surface area contributed by atoms with Crippen LogP contribution in [0.4, 0.5) is 0 Å². The van der Waals surface area contributed by atoms with Crippen LogP contribution in [0.5, 0.6) is 0 Å². The second-order valence-corrected chi connectivity index (χ2v) is 8.46. The monoisotopic (exact) mass is 318 g/mol. The van der Waals surface area contributed by atoms with E-state index in [1.165, 1.54) is 22.3 Å². The van der Waals surface area contributed by atoms with E-state index in [-0.39, 0.29) is 10.8 Å². The Labute approximate surface area is 147 Å². The minimum atomic E-state index is 0.210. The van der Waals surface area contributed by atoms with Gasteiger partial charge in [0.15, 0.2) is 0 Å². The Balaban J connectivity index is 1.99. The van der Waals surface area contributed by atoms with Gasteiger partial charge < -0.3 is 0 Å². The normalized spacial score (nSPS) is 13.1. The SMILES string of the molecule is CC(C)(C)c1ccc(C=CC=Cc2ccc(C(C)(C)C)cc2)cc1. The van der Waals surface area contributed by atoms with Crippen molar-refractivity contribution in [1.29, 1.82) is 0 Å². The molecule has 0 amide bonds. The summed E-state index contributed by atoms with van der Waals surface area (Å²) in [6.45, 7) is 13.4. The van der Waals surface area contributed by atoms with Gasteiger partial charge in [-0.15, -0.1) is 0 Å². The molecule has 0 atom stereocenters. The zero-order chi connectivity index (χ0) is 17.8. The maximum absolute atomic E-state index is 2.24. The van der Waals surface area contributed by atoms with Crippen molar-refractivity contribution in [1.82, 2.24) is 0 Å². The zero-order valence-corrected chi connectivity index (χ0v) is 15.9. The summed E-state index contributed by atoms with van der Waals surface area (Å²) in [5, 5.41) is 0. The molecular weight excluding hydrogens is 288 g/mol. The van der Waals surface area contributed by atoms with Crippen LogP contribution in [0, 0.1) is 0 Å². The van der Waals surface area contributed by atoms with Crippen LogP contribution in [0.15, 0.2) is 60.7 Å². The molecule has 0 saturated heterocycles. The summed E-state index contributed by atoms with van der Waals surface area (Å²) in [5.74, 6) is 0. The molecule has 2 aromatic rings. The highest BCUT2D eigenvalue weighted by atomic mass is 14.2. The summed E-state index contributed by atoms with van der Waals surface area (Å²) in [6, 6.07) is 17.6. The predicted octanol–water partition coefficient (Wildman–Crippen LogP) is 7.01. The maximum atomic E-state index is 2.24. The number of hydrogen-bond donors (Lipinski definition) is 0. The summed E-state index contributed by atoms with van der Waals surface area (Å²) in [7, 11) is 0. The van der Waals surface area contributed by atoms with E-state index in [0.29, 0.717) is 0 Å². The van der Waals surface area contributed by atoms with Gasteiger partial charge in [-0.1, -0.05) is 114 Å². The fraction of sp³-hybridized carbons (Fsp3) is 0.333. The summed E-state index contributed by atoms with van der Waals surface area (Å²) in [6.07, 6.45) is 8.49. The fourth-order valence-corrected chi connectivity index (χ4v) is 2.52. The van der Waals surface area contributed by atoms with Gasteiger partial charge in [-0.25, -0.2) is 0 Å². The summed E-state index contributed by atoms with van der Waals surface area (Å²) in [4.78, 5) is 0. The molecule has 2 aromatic carbocycles. The summed E-state index contributed by atoms with van der Waals surface area (Å²) in [5.41, 5.74) is 5.62. The third-order valence-corrected chi connectivity index (χ3v) is 4.24. The maximum Gasteiger partial charge on any atom is -0.0132 e. The van der Waals surface area contributed by atoms with Crippen molar-refractivity contribution >= 4 is 12.2 Å². The second kappa shape index (κ2) is 7.21. The summed E-state index contributed by atoms with van der Waals surface area (Å²) < 4.78 is 0. The Morgan fingerprint density at radius 1 is 0.500 bits per heavy atom. The number of allylic oxidation sites excluding steroid dienone is 2. The zero-order valence-electron chi connectivity index (χ0n) is 15.9. The largest absolute Gasteiger partial charge is 0.0617 e. The van der Waals surface area contributed by atoms with Crippen molar-refractivity contribution in [2.24, 2.45) is 0 Å². The average molecular weight is 319 g/mol. The van der Waals surface area contributed by atoms with Crippen LogP contribution in [0.25, 0.3) is 12.2 Å². The number of rotatable bonds is 3. The van der Waals surface area contributed by atoms with Gasteiger partial charge in [0.25, 0.3) is 0 Å². The molecule has 0 unspecified atom stereocenters. The Morgan fingerprint density at radius 3 is 1.04 bits per heavy atom. The predicted molar refractivity (Wildman–Crippen MR) is 108 cm³/mol. The van der Waals surface area contributed by atoms with Crippen LogP contribution < -0.4 is 0 Å². The Hall–Kier alpha value is -2.08. The van der Waals surface area contributed by atoms with Crippen molar-refractivity contribution < 1.29 is 0 Å². The van der Waals surface area contributed by atoms with E-state index in [1.54, 1.807) is 0 Å². The average Bonchev–Trinajstić information content (AvgIpc) is 2.51. The molecule has 0 heterocycles. The van der Waals surface area contributed by atoms with Gasteiger partial charge in [-0.05, 0) is 33.1 Å². The molecule has 0 spiro atoms. The fourth-order valence-electron chi connectivity index (χ4n) is 2.52. The lowest BCUT2D eigenvalue weighted by Crippen LogP contribution is -2.10. The van der Waals surface area contributed by atoms with Crippen LogP contribution in [0.2, 0.25) is 0 Å².